The summed E-state index contributed by atoms with van der Waals surface area (Å²) in [7, 11) is -3.22. The van der Waals surface area contributed by atoms with E-state index in [1.54, 1.807) is 30.5 Å². The average Bonchev–Trinajstić information content (AvgIpc) is 2.88. The maximum absolute atomic E-state index is 14.1. The van der Waals surface area contributed by atoms with E-state index in [2.05, 4.69) is 4.98 Å². The topological polar surface area (TPSA) is 78.0 Å². The van der Waals surface area contributed by atoms with Crippen LogP contribution in [0.15, 0.2) is 59.4 Å². The lowest BCUT2D eigenvalue weighted by atomic mass is 10.0. The Morgan fingerprint density at radius 1 is 1.26 bits per heavy atom. The number of fused-ring (bicyclic) bond motifs is 1. The number of nitrogens with two attached hydrogens (primary N) is 1. The van der Waals surface area contributed by atoms with Crippen LogP contribution in [0, 0.1) is 6.92 Å². The normalized spacial score (nSPS) is 12.7. The van der Waals surface area contributed by atoms with Crippen LogP contribution >= 0.6 is 0 Å². The van der Waals surface area contributed by atoms with Crippen molar-refractivity contribution in [2.75, 3.05) is 12.8 Å². The van der Waals surface area contributed by atoms with Gasteiger partial charge in [0.25, 0.3) is 0 Å². The maximum atomic E-state index is 14.1. The van der Waals surface area contributed by atoms with Crippen LogP contribution in [0.5, 0.6) is 0 Å². The van der Waals surface area contributed by atoms with Crippen molar-refractivity contribution in [3.8, 4) is 0 Å². The molecule has 0 bridgehead atoms. The van der Waals surface area contributed by atoms with E-state index in [4.69, 9.17) is 5.73 Å². The third kappa shape index (κ3) is 4.09. The molecule has 0 aliphatic rings. The highest BCUT2D eigenvalue weighted by Crippen LogP contribution is 2.27. The highest BCUT2D eigenvalue weighted by molar-refractivity contribution is 7.90. The summed E-state index contributed by atoms with van der Waals surface area (Å²) in [6.45, 7) is 2.21. The van der Waals surface area contributed by atoms with Gasteiger partial charge >= 0.3 is 0 Å². The van der Waals surface area contributed by atoms with E-state index in [0.717, 1.165) is 27.9 Å². The summed E-state index contributed by atoms with van der Waals surface area (Å²) in [6, 6.07) is 10.6. The summed E-state index contributed by atoms with van der Waals surface area (Å²) in [5, 5.41) is 0. The van der Waals surface area contributed by atoms with Gasteiger partial charge in [0.05, 0.1) is 22.5 Å². The van der Waals surface area contributed by atoms with Crippen LogP contribution in [0.3, 0.4) is 0 Å². The van der Waals surface area contributed by atoms with Crippen LogP contribution in [-0.2, 0) is 22.8 Å². The number of sulfone groups is 1. The van der Waals surface area contributed by atoms with Crippen LogP contribution in [0.1, 0.15) is 16.8 Å². The predicted molar refractivity (Wildman–Crippen MR) is 105 cm³/mol. The molecule has 2 aromatic heterocycles. The molecule has 0 unspecified atom stereocenters. The Morgan fingerprint density at radius 3 is 2.59 bits per heavy atom. The fourth-order valence-corrected chi connectivity index (χ4v) is 3.81. The van der Waals surface area contributed by atoms with Crippen molar-refractivity contribution >= 4 is 20.9 Å². The Kier molecular flexibility index (Phi) is 5.43. The molecule has 3 aromatic rings. The fourth-order valence-electron chi connectivity index (χ4n) is 3.18. The number of aromatic nitrogens is 2. The summed E-state index contributed by atoms with van der Waals surface area (Å²) in [5.74, 6) is -0.287. The molecular formula is C20H22FN3O2S. The van der Waals surface area contributed by atoms with Crippen LogP contribution in [0.25, 0.3) is 11.0 Å². The van der Waals surface area contributed by atoms with Crippen molar-refractivity contribution < 1.29 is 12.8 Å². The number of hydrogen-bond donors (Lipinski definition) is 1. The van der Waals surface area contributed by atoms with Crippen LogP contribution in [-0.4, -0.2) is 30.8 Å². The van der Waals surface area contributed by atoms with Gasteiger partial charge in [-0.2, -0.15) is 0 Å². The quantitative estimate of drug-likeness (QED) is 0.705. The second kappa shape index (κ2) is 7.62. The van der Waals surface area contributed by atoms with E-state index in [1.165, 1.54) is 12.3 Å². The highest BCUT2D eigenvalue weighted by Gasteiger charge is 2.16. The third-order valence-electron chi connectivity index (χ3n) is 4.59. The van der Waals surface area contributed by atoms with Gasteiger partial charge in [-0.25, -0.2) is 12.8 Å². The van der Waals surface area contributed by atoms with Gasteiger partial charge in [0.2, 0.25) is 0 Å². The Balaban J connectivity index is 2.02. The zero-order chi connectivity index (χ0) is 19.6. The molecule has 0 atom stereocenters. The number of halogens is 1. The molecule has 0 spiro atoms. The van der Waals surface area contributed by atoms with Crippen LogP contribution < -0.4 is 5.73 Å². The number of hydrogen-bond acceptors (Lipinski definition) is 4. The van der Waals surface area contributed by atoms with E-state index in [-0.39, 0.29) is 23.8 Å². The first-order chi connectivity index (χ1) is 12.8. The number of pyridine rings is 1. The van der Waals surface area contributed by atoms with Crippen LogP contribution in [0.2, 0.25) is 0 Å². The standard InChI is InChI=1S/C20H22FN3O2S/c1-14-18(12-15-5-7-17(8-6-15)27(2,25)26)20-19(4-3-11-23-20)24(14)13-16(21)9-10-22/h3-9,11H,10,12-13,22H2,1-2H3/b16-9-. The summed E-state index contributed by atoms with van der Waals surface area (Å²) in [5.41, 5.74) is 9.98. The van der Waals surface area contributed by atoms with Gasteiger partial charge in [-0.1, -0.05) is 12.1 Å². The first kappa shape index (κ1) is 19.3. The lowest BCUT2D eigenvalue weighted by Crippen LogP contribution is -2.04. The molecule has 2 N–H and O–H groups in total. The van der Waals surface area contributed by atoms with E-state index >= 15 is 0 Å². The van der Waals surface area contributed by atoms with Gasteiger partial charge in [0.1, 0.15) is 5.83 Å². The second-order valence-corrected chi connectivity index (χ2v) is 8.52. The van der Waals surface area contributed by atoms with Crippen molar-refractivity contribution in [2.45, 2.75) is 24.8 Å². The summed E-state index contributed by atoms with van der Waals surface area (Å²) in [6.07, 6.45) is 4.85. The molecular weight excluding hydrogens is 365 g/mol. The fraction of sp³-hybridized carbons (Fsp3) is 0.250. The summed E-state index contributed by atoms with van der Waals surface area (Å²) < 4.78 is 39.2. The molecule has 0 aliphatic heterocycles. The third-order valence-corrected chi connectivity index (χ3v) is 5.71. The van der Waals surface area contributed by atoms with E-state index in [1.807, 2.05) is 23.6 Å². The molecule has 3 rings (SSSR count). The minimum atomic E-state index is -3.22. The average molecular weight is 387 g/mol. The van der Waals surface area contributed by atoms with Crippen molar-refractivity contribution in [3.05, 3.63) is 71.3 Å². The number of nitrogens with zero attached hydrogens (tertiary/aromatic N) is 2. The number of rotatable bonds is 6. The summed E-state index contributed by atoms with van der Waals surface area (Å²) in [4.78, 5) is 4.77. The Labute approximate surface area is 158 Å². The molecule has 7 heteroatoms. The Morgan fingerprint density at radius 2 is 1.96 bits per heavy atom. The highest BCUT2D eigenvalue weighted by atomic mass is 32.2. The second-order valence-electron chi connectivity index (χ2n) is 6.50. The zero-order valence-electron chi connectivity index (χ0n) is 15.3. The SMILES string of the molecule is Cc1c(Cc2ccc(S(C)(=O)=O)cc2)c2ncccc2n1C/C(F)=C/CN. The van der Waals surface area contributed by atoms with E-state index in [9.17, 15) is 12.8 Å². The first-order valence-electron chi connectivity index (χ1n) is 8.57. The molecule has 2 heterocycles. The Hall–Kier alpha value is -2.51. The molecule has 0 amide bonds. The number of benzene rings is 1. The molecule has 0 saturated carbocycles. The molecule has 0 radical (unpaired) electrons. The Bertz CT molecular complexity index is 1100. The van der Waals surface area contributed by atoms with Gasteiger partial charge < -0.3 is 10.3 Å². The van der Waals surface area contributed by atoms with E-state index < -0.39 is 9.84 Å². The molecule has 0 fully saturated rings. The van der Waals surface area contributed by atoms with E-state index in [0.29, 0.717) is 6.42 Å². The predicted octanol–water partition coefficient (Wildman–Crippen LogP) is 3.15. The van der Waals surface area contributed by atoms with Crippen LogP contribution in [0.4, 0.5) is 4.39 Å². The maximum Gasteiger partial charge on any atom is 0.175 e. The molecule has 142 valence electrons. The van der Waals surface area contributed by atoms with Gasteiger partial charge in [0.15, 0.2) is 9.84 Å². The lowest BCUT2D eigenvalue weighted by Gasteiger charge is -2.08. The first-order valence-corrected chi connectivity index (χ1v) is 10.5. The number of allylic oxidation sites excluding steroid dienone is 1. The molecule has 27 heavy (non-hydrogen) atoms. The van der Waals surface area contributed by atoms with Crippen molar-refractivity contribution in [1.82, 2.24) is 9.55 Å². The lowest BCUT2D eigenvalue weighted by molar-refractivity contribution is 0.554. The van der Waals surface area contributed by atoms with Crippen molar-refractivity contribution in [2.24, 2.45) is 5.73 Å². The zero-order valence-corrected chi connectivity index (χ0v) is 16.1. The molecule has 5 nitrogen and oxygen atoms in total. The molecule has 0 aliphatic carbocycles. The van der Waals surface area contributed by atoms with Gasteiger partial charge in [-0.15, -0.1) is 0 Å². The van der Waals surface area contributed by atoms with Gasteiger partial charge in [0, 0.05) is 36.7 Å². The minimum absolute atomic E-state index is 0.109. The largest absolute Gasteiger partial charge is 0.336 e. The summed E-state index contributed by atoms with van der Waals surface area (Å²) >= 11 is 0. The van der Waals surface area contributed by atoms with Crippen molar-refractivity contribution in [3.63, 3.8) is 0 Å². The molecule has 0 saturated heterocycles. The monoisotopic (exact) mass is 387 g/mol. The smallest absolute Gasteiger partial charge is 0.175 e. The van der Waals surface area contributed by atoms with Gasteiger partial charge in [-0.3, -0.25) is 4.98 Å². The molecule has 1 aromatic carbocycles. The minimum Gasteiger partial charge on any atom is -0.336 e. The van der Waals surface area contributed by atoms with Crippen molar-refractivity contribution in [1.29, 1.82) is 0 Å². The van der Waals surface area contributed by atoms with Gasteiger partial charge in [-0.05, 0) is 42.8 Å².